The number of benzene rings is 1. The van der Waals surface area contributed by atoms with Gasteiger partial charge in [-0.25, -0.2) is 0 Å². The highest BCUT2D eigenvalue weighted by Crippen LogP contribution is 2.27. The van der Waals surface area contributed by atoms with Crippen molar-refractivity contribution in [2.45, 2.75) is 44.3 Å². The van der Waals surface area contributed by atoms with Crippen LogP contribution in [0, 0.1) is 6.92 Å². The average molecular weight is 359 g/mol. The van der Waals surface area contributed by atoms with Crippen LogP contribution in [-0.4, -0.2) is 28.0 Å². The summed E-state index contributed by atoms with van der Waals surface area (Å²) in [5.41, 5.74) is 1.91. The van der Waals surface area contributed by atoms with E-state index in [4.69, 9.17) is 0 Å². The summed E-state index contributed by atoms with van der Waals surface area (Å²) in [6.45, 7) is 2.56. The van der Waals surface area contributed by atoms with E-state index in [1.807, 2.05) is 48.5 Å². The molecule has 0 bridgehead atoms. The summed E-state index contributed by atoms with van der Waals surface area (Å²) in [5.74, 6) is 0.636. The zero-order valence-electron chi connectivity index (χ0n) is 15.0. The molecular formula is C20H26N2O2S. The Morgan fingerprint density at radius 1 is 1.28 bits per heavy atom. The first-order valence-corrected chi connectivity index (χ1v) is 10.1. The molecule has 1 saturated carbocycles. The molecule has 0 atom stereocenters. The first-order chi connectivity index (χ1) is 12.1. The largest absolute Gasteiger partial charge is 0.351 e. The summed E-state index contributed by atoms with van der Waals surface area (Å²) < 4.78 is 1.85. The minimum absolute atomic E-state index is 0.186. The molecular weight excluding hydrogens is 332 g/mol. The molecule has 4 nitrogen and oxygen atoms in total. The summed E-state index contributed by atoms with van der Waals surface area (Å²) in [5, 5.41) is 4.25. The van der Waals surface area contributed by atoms with Crippen LogP contribution in [0.25, 0.3) is 10.9 Å². The lowest BCUT2D eigenvalue weighted by Crippen LogP contribution is -2.31. The van der Waals surface area contributed by atoms with E-state index in [0.29, 0.717) is 11.9 Å². The summed E-state index contributed by atoms with van der Waals surface area (Å²) >= 11 is 1.95. The van der Waals surface area contributed by atoms with E-state index in [9.17, 15) is 9.59 Å². The Morgan fingerprint density at radius 2 is 2.04 bits per heavy atom. The van der Waals surface area contributed by atoms with E-state index in [-0.39, 0.29) is 16.9 Å². The van der Waals surface area contributed by atoms with Gasteiger partial charge < -0.3 is 9.88 Å². The van der Waals surface area contributed by atoms with Crippen molar-refractivity contribution >= 4 is 28.6 Å². The van der Waals surface area contributed by atoms with Crippen molar-refractivity contribution in [2.75, 3.05) is 12.3 Å². The molecule has 1 aliphatic rings. The number of rotatable bonds is 5. The molecule has 25 heavy (non-hydrogen) atoms. The third kappa shape index (κ3) is 4.27. The average Bonchev–Trinajstić information content (AvgIpc) is 2.62. The van der Waals surface area contributed by atoms with Crippen molar-refractivity contribution in [2.24, 2.45) is 7.05 Å². The van der Waals surface area contributed by atoms with E-state index in [1.54, 1.807) is 6.20 Å². The predicted molar refractivity (Wildman–Crippen MR) is 106 cm³/mol. The van der Waals surface area contributed by atoms with Gasteiger partial charge in [-0.15, -0.1) is 0 Å². The number of pyridine rings is 1. The molecule has 0 radical (unpaired) electrons. The van der Waals surface area contributed by atoms with Gasteiger partial charge in [-0.3, -0.25) is 9.59 Å². The van der Waals surface area contributed by atoms with E-state index >= 15 is 0 Å². The third-order valence-electron chi connectivity index (χ3n) is 4.88. The first-order valence-electron chi connectivity index (χ1n) is 9.06. The number of aryl methyl sites for hydroxylation is 2. The number of hydrogen-bond acceptors (Lipinski definition) is 3. The Kier molecular flexibility index (Phi) is 5.84. The third-order valence-corrected chi connectivity index (χ3v) is 6.26. The van der Waals surface area contributed by atoms with Gasteiger partial charge in [0.25, 0.3) is 5.91 Å². The Balaban J connectivity index is 1.65. The van der Waals surface area contributed by atoms with Gasteiger partial charge in [-0.2, -0.15) is 11.8 Å². The maximum atomic E-state index is 12.7. The molecule has 134 valence electrons. The van der Waals surface area contributed by atoms with Gasteiger partial charge in [0.2, 0.25) is 5.43 Å². The molecule has 0 spiro atoms. The Bertz CT molecular complexity index is 822. The second kappa shape index (κ2) is 8.09. The Hall–Kier alpha value is -1.75. The van der Waals surface area contributed by atoms with Crippen molar-refractivity contribution < 1.29 is 4.79 Å². The van der Waals surface area contributed by atoms with Gasteiger partial charge in [-0.1, -0.05) is 30.9 Å². The molecule has 0 saturated heterocycles. The van der Waals surface area contributed by atoms with Crippen LogP contribution in [0.4, 0.5) is 0 Å². The quantitative estimate of drug-likeness (QED) is 0.830. The molecule has 1 fully saturated rings. The molecule has 1 heterocycles. The van der Waals surface area contributed by atoms with Crippen LogP contribution in [0.1, 0.15) is 48.0 Å². The van der Waals surface area contributed by atoms with Crippen molar-refractivity contribution in [3.8, 4) is 0 Å². The van der Waals surface area contributed by atoms with Crippen molar-refractivity contribution in [1.29, 1.82) is 0 Å². The van der Waals surface area contributed by atoms with Gasteiger partial charge in [0.15, 0.2) is 0 Å². The fourth-order valence-electron chi connectivity index (χ4n) is 3.49. The molecule has 2 aromatic rings. The number of hydrogen-bond donors (Lipinski definition) is 1. The van der Waals surface area contributed by atoms with Crippen LogP contribution in [0.2, 0.25) is 0 Å². The van der Waals surface area contributed by atoms with Crippen LogP contribution >= 0.6 is 11.8 Å². The lowest BCUT2D eigenvalue weighted by Gasteiger charge is -2.20. The highest BCUT2D eigenvalue weighted by Gasteiger charge is 2.16. The summed E-state index contributed by atoms with van der Waals surface area (Å²) in [4.78, 5) is 25.1. The maximum absolute atomic E-state index is 12.7. The topological polar surface area (TPSA) is 51.1 Å². The predicted octanol–water partition coefficient (Wildman–Crippen LogP) is 3.64. The molecule has 1 aromatic carbocycles. The van der Waals surface area contributed by atoms with Crippen LogP contribution in [0.15, 0.2) is 29.2 Å². The van der Waals surface area contributed by atoms with E-state index < -0.39 is 0 Å². The number of carbonyl (C=O) groups excluding carboxylic acids is 1. The lowest BCUT2D eigenvalue weighted by molar-refractivity contribution is 0.0954. The fraction of sp³-hybridized carbons (Fsp3) is 0.500. The Labute approximate surface area is 153 Å². The molecule has 1 aromatic heterocycles. The molecule has 0 unspecified atom stereocenters. The highest BCUT2D eigenvalue weighted by molar-refractivity contribution is 7.99. The van der Waals surface area contributed by atoms with Gasteiger partial charge in [0, 0.05) is 36.2 Å². The van der Waals surface area contributed by atoms with Crippen molar-refractivity contribution in [3.63, 3.8) is 0 Å². The van der Waals surface area contributed by atoms with Crippen molar-refractivity contribution in [1.82, 2.24) is 9.88 Å². The number of carbonyl (C=O) groups is 1. The highest BCUT2D eigenvalue weighted by atomic mass is 32.2. The number of aromatic nitrogens is 1. The van der Waals surface area contributed by atoms with Crippen LogP contribution < -0.4 is 10.7 Å². The molecule has 5 heteroatoms. The standard InChI is InChI=1S/C20H26N2O2S/c1-14-8-9-18-16(12-14)19(23)17(13-22(18)2)20(24)21-10-11-25-15-6-4-3-5-7-15/h8-9,12-13,15H,3-7,10-11H2,1-2H3,(H,21,24). The lowest BCUT2D eigenvalue weighted by atomic mass is 10.0. The molecule has 1 aliphatic carbocycles. The SMILES string of the molecule is Cc1ccc2c(c1)c(=O)c(C(=O)NCCSC1CCCCC1)cn2C. The number of thioether (sulfide) groups is 1. The van der Waals surface area contributed by atoms with Crippen LogP contribution in [0.5, 0.6) is 0 Å². The molecule has 1 N–H and O–H groups in total. The van der Waals surface area contributed by atoms with E-state index in [2.05, 4.69) is 5.32 Å². The van der Waals surface area contributed by atoms with Gasteiger partial charge in [0.05, 0.1) is 5.52 Å². The van der Waals surface area contributed by atoms with Gasteiger partial charge in [-0.05, 0) is 31.9 Å². The number of amides is 1. The molecule has 0 aliphatic heterocycles. The summed E-state index contributed by atoms with van der Waals surface area (Å²) in [7, 11) is 1.87. The zero-order chi connectivity index (χ0) is 17.8. The van der Waals surface area contributed by atoms with Gasteiger partial charge in [0.1, 0.15) is 5.56 Å². The summed E-state index contributed by atoms with van der Waals surface area (Å²) in [6.07, 6.45) is 8.25. The van der Waals surface area contributed by atoms with Crippen LogP contribution in [-0.2, 0) is 7.05 Å². The van der Waals surface area contributed by atoms with E-state index in [0.717, 1.165) is 22.1 Å². The maximum Gasteiger partial charge on any atom is 0.256 e. The normalized spacial score (nSPS) is 15.4. The molecule has 3 rings (SSSR count). The second-order valence-electron chi connectivity index (χ2n) is 6.89. The minimum atomic E-state index is -0.270. The number of fused-ring (bicyclic) bond motifs is 1. The Morgan fingerprint density at radius 3 is 2.80 bits per heavy atom. The van der Waals surface area contributed by atoms with E-state index in [1.165, 1.54) is 32.1 Å². The smallest absolute Gasteiger partial charge is 0.256 e. The molecule has 1 amide bonds. The van der Waals surface area contributed by atoms with Gasteiger partial charge >= 0.3 is 0 Å². The zero-order valence-corrected chi connectivity index (χ0v) is 15.8. The van der Waals surface area contributed by atoms with Crippen molar-refractivity contribution in [3.05, 3.63) is 45.7 Å². The second-order valence-corrected chi connectivity index (χ2v) is 8.30. The minimum Gasteiger partial charge on any atom is -0.351 e. The first kappa shape index (κ1) is 18.1. The van der Waals surface area contributed by atoms with Crippen LogP contribution in [0.3, 0.4) is 0 Å². The monoisotopic (exact) mass is 358 g/mol. The summed E-state index contributed by atoms with van der Waals surface area (Å²) in [6, 6.07) is 5.76. The number of nitrogens with zero attached hydrogens (tertiary/aromatic N) is 1. The number of nitrogens with one attached hydrogen (secondary N) is 1. The fourth-order valence-corrected chi connectivity index (χ4v) is 4.71.